The molecule has 2 rings (SSSR count). The quantitative estimate of drug-likeness (QED) is 0.672. The van der Waals surface area contributed by atoms with Crippen LogP contribution in [0.3, 0.4) is 0 Å². The zero-order valence-corrected chi connectivity index (χ0v) is 10.1. The average Bonchev–Trinajstić information content (AvgIpc) is 2.34. The normalized spacial score (nSPS) is 9.17. The molecule has 0 spiro atoms. The van der Waals surface area contributed by atoms with E-state index in [1.165, 1.54) is 12.1 Å². The van der Waals surface area contributed by atoms with Gasteiger partial charge >= 0.3 is 5.97 Å². The van der Waals surface area contributed by atoms with Crippen molar-refractivity contribution < 1.29 is 9.90 Å². The van der Waals surface area contributed by atoms with Gasteiger partial charge < -0.3 is 16.6 Å². The first kappa shape index (κ1) is 13.6. The SMILES string of the molecule is Cc1ccccc1N.Nc1ccc(C(=O)O)cc1. The number of anilines is 2. The molecule has 0 unspecified atom stereocenters. The van der Waals surface area contributed by atoms with Crippen LogP contribution in [0.1, 0.15) is 15.9 Å². The van der Waals surface area contributed by atoms with Crippen LogP contribution in [-0.4, -0.2) is 11.1 Å². The maximum Gasteiger partial charge on any atom is 0.335 e. The molecule has 94 valence electrons. The van der Waals surface area contributed by atoms with Gasteiger partial charge in [-0.15, -0.1) is 0 Å². The number of para-hydroxylation sites is 1. The number of nitrogen functional groups attached to an aromatic ring is 2. The number of aryl methyl sites for hydroxylation is 1. The Morgan fingerprint density at radius 3 is 1.94 bits per heavy atom. The average molecular weight is 244 g/mol. The number of carboxylic acids is 1. The van der Waals surface area contributed by atoms with Gasteiger partial charge in [-0.05, 0) is 42.8 Å². The van der Waals surface area contributed by atoms with Gasteiger partial charge in [0.25, 0.3) is 0 Å². The molecule has 2 aromatic carbocycles. The van der Waals surface area contributed by atoms with Crippen molar-refractivity contribution in [2.45, 2.75) is 6.92 Å². The molecule has 0 amide bonds. The number of benzene rings is 2. The van der Waals surface area contributed by atoms with Crippen LogP contribution in [0.2, 0.25) is 0 Å². The molecular weight excluding hydrogens is 228 g/mol. The minimum atomic E-state index is -0.931. The molecule has 0 aliphatic rings. The first-order chi connectivity index (χ1) is 8.50. The third kappa shape index (κ3) is 4.17. The molecule has 0 saturated carbocycles. The van der Waals surface area contributed by atoms with E-state index in [9.17, 15) is 4.79 Å². The summed E-state index contributed by atoms with van der Waals surface area (Å²) in [4.78, 5) is 10.3. The molecule has 4 nitrogen and oxygen atoms in total. The van der Waals surface area contributed by atoms with E-state index in [0.29, 0.717) is 5.69 Å². The Balaban J connectivity index is 0.000000184. The van der Waals surface area contributed by atoms with Crippen molar-refractivity contribution in [3.8, 4) is 0 Å². The second-order valence-corrected chi connectivity index (χ2v) is 3.78. The number of carbonyl (C=O) groups is 1. The van der Waals surface area contributed by atoms with E-state index in [4.69, 9.17) is 16.6 Å². The molecule has 0 bridgehead atoms. The van der Waals surface area contributed by atoms with Crippen molar-refractivity contribution in [3.05, 3.63) is 59.7 Å². The smallest absolute Gasteiger partial charge is 0.335 e. The van der Waals surface area contributed by atoms with Crippen molar-refractivity contribution in [2.75, 3.05) is 11.5 Å². The summed E-state index contributed by atoms with van der Waals surface area (Å²) in [5.74, 6) is -0.931. The summed E-state index contributed by atoms with van der Waals surface area (Å²) >= 11 is 0. The van der Waals surface area contributed by atoms with Crippen molar-refractivity contribution in [1.82, 2.24) is 0 Å². The standard InChI is InChI=1S/C7H7NO2.C7H9N/c8-6-3-1-5(2-4-6)7(9)10;1-6-4-2-3-5-7(6)8/h1-4H,8H2,(H,9,10);2-5H,8H2,1H3. The lowest BCUT2D eigenvalue weighted by Crippen LogP contribution is -1.95. The van der Waals surface area contributed by atoms with Gasteiger partial charge in [0, 0.05) is 11.4 Å². The molecule has 4 heteroatoms. The maximum atomic E-state index is 10.3. The predicted octanol–water partition coefficient (Wildman–Crippen LogP) is 2.54. The summed E-state index contributed by atoms with van der Waals surface area (Å²) in [5, 5.41) is 8.43. The molecule has 5 N–H and O–H groups in total. The van der Waals surface area contributed by atoms with E-state index < -0.39 is 5.97 Å². The second kappa shape index (κ2) is 6.30. The van der Waals surface area contributed by atoms with E-state index in [1.807, 2.05) is 31.2 Å². The third-order valence-electron chi connectivity index (χ3n) is 2.35. The first-order valence-electron chi connectivity index (χ1n) is 5.40. The largest absolute Gasteiger partial charge is 0.478 e. The van der Waals surface area contributed by atoms with Crippen LogP contribution < -0.4 is 11.5 Å². The first-order valence-corrected chi connectivity index (χ1v) is 5.40. The number of hydrogen-bond donors (Lipinski definition) is 3. The highest BCUT2D eigenvalue weighted by molar-refractivity contribution is 5.87. The fourth-order valence-electron chi connectivity index (χ4n) is 1.21. The van der Waals surface area contributed by atoms with E-state index >= 15 is 0 Å². The third-order valence-corrected chi connectivity index (χ3v) is 2.35. The monoisotopic (exact) mass is 244 g/mol. The molecule has 0 aromatic heterocycles. The Hall–Kier alpha value is -2.49. The van der Waals surface area contributed by atoms with Crippen LogP contribution in [0.5, 0.6) is 0 Å². The summed E-state index contributed by atoms with van der Waals surface area (Å²) in [5.41, 5.74) is 13.7. The van der Waals surface area contributed by atoms with Crippen molar-refractivity contribution in [3.63, 3.8) is 0 Å². The van der Waals surface area contributed by atoms with Gasteiger partial charge in [0.05, 0.1) is 5.56 Å². The van der Waals surface area contributed by atoms with Crippen LogP contribution in [0.15, 0.2) is 48.5 Å². The van der Waals surface area contributed by atoms with Gasteiger partial charge in [-0.25, -0.2) is 4.79 Å². The predicted molar refractivity (Wildman–Crippen MR) is 73.4 cm³/mol. The highest BCUT2D eigenvalue weighted by Gasteiger charge is 1.98. The fourth-order valence-corrected chi connectivity index (χ4v) is 1.21. The highest BCUT2D eigenvalue weighted by atomic mass is 16.4. The van der Waals surface area contributed by atoms with E-state index in [2.05, 4.69) is 0 Å². The second-order valence-electron chi connectivity index (χ2n) is 3.78. The van der Waals surface area contributed by atoms with E-state index in [-0.39, 0.29) is 5.56 Å². The van der Waals surface area contributed by atoms with Gasteiger partial charge in [-0.1, -0.05) is 18.2 Å². The van der Waals surface area contributed by atoms with E-state index in [0.717, 1.165) is 11.3 Å². The van der Waals surface area contributed by atoms with Crippen molar-refractivity contribution in [1.29, 1.82) is 0 Å². The van der Waals surface area contributed by atoms with Crippen LogP contribution in [0.4, 0.5) is 11.4 Å². The van der Waals surface area contributed by atoms with Gasteiger partial charge in [-0.2, -0.15) is 0 Å². The number of rotatable bonds is 1. The number of nitrogens with two attached hydrogens (primary N) is 2. The number of aromatic carboxylic acids is 1. The molecule has 0 atom stereocenters. The van der Waals surface area contributed by atoms with Crippen LogP contribution in [0.25, 0.3) is 0 Å². The van der Waals surface area contributed by atoms with Crippen LogP contribution in [0, 0.1) is 6.92 Å². The van der Waals surface area contributed by atoms with Crippen molar-refractivity contribution in [2.24, 2.45) is 0 Å². The Bertz CT molecular complexity index is 501. The lowest BCUT2D eigenvalue weighted by Gasteiger charge is -1.93. The minimum Gasteiger partial charge on any atom is -0.478 e. The fraction of sp³-hybridized carbons (Fsp3) is 0.0714. The molecule has 0 saturated heterocycles. The van der Waals surface area contributed by atoms with Gasteiger partial charge in [0.15, 0.2) is 0 Å². The number of carboxylic acid groups (broad SMARTS) is 1. The lowest BCUT2D eigenvalue weighted by molar-refractivity contribution is 0.0697. The topological polar surface area (TPSA) is 89.3 Å². The molecule has 0 aliphatic heterocycles. The van der Waals surface area contributed by atoms with Gasteiger partial charge in [-0.3, -0.25) is 0 Å². The maximum absolute atomic E-state index is 10.3. The van der Waals surface area contributed by atoms with Crippen molar-refractivity contribution >= 4 is 17.3 Å². The summed E-state index contributed by atoms with van der Waals surface area (Å²) in [6.07, 6.45) is 0. The summed E-state index contributed by atoms with van der Waals surface area (Å²) in [7, 11) is 0. The molecule has 0 fully saturated rings. The molecular formula is C14H16N2O2. The van der Waals surface area contributed by atoms with Crippen LogP contribution in [-0.2, 0) is 0 Å². The van der Waals surface area contributed by atoms with Gasteiger partial charge in [0.1, 0.15) is 0 Å². The van der Waals surface area contributed by atoms with Crippen LogP contribution >= 0.6 is 0 Å². The Morgan fingerprint density at radius 1 is 1.00 bits per heavy atom. The Morgan fingerprint density at radius 2 is 1.56 bits per heavy atom. The molecule has 2 aromatic rings. The summed E-state index contributed by atoms with van der Waals surface area (Å²) in [6.45, 7) is 2.00. The number of hydrogen-bond acceptors (Lipinski definition) is 3. The Labute approximate surface area is 106 Å². The molecule has 0 aliphatic carbocycles. The zero-order chi connectivity index (χ0) is 13.5. The lowest BCUT2D eigenvalue weighted by atomic mass is 10.2. The Kier molecular flexibility index (Phi) is 4.75. The summed E-state index contributed by atoms with van der Waals surface area (Å²) in [6, 6.07) is 13.9. The minimum absolute atomic E-state index is 0.259. The zero-order valence-electron chi connectivity index (χ0n) is 10.1. The van der Waals surface area contributed by atoms with E-state index in [1.54, 1.807) is 12.1 Å². The van der Waals surface area contributed by atoms with Gasteiger partial charge in [0.2, 0.25) is 0 Å². The summed E-state index contributed by atoms with van der Waals surface area (Å²) < 4.78 is 0. The molecule has 0 radical (unpaired) electrons. The highest BCUT2D eigenvalue weighted by Crippen LogP contribution is 2.06. The molecule has 0 heterocycles. The molecule has 18 heavy (non-hydrogen) atoms.